The van der Waals surface area contributed by atoms with Gasteiger partial charge in [-0.05, 0) is 24.3 Å². The number of imidazole rings is 1. The average molecular weight is 328 g/mol. The number of nitrogens with one attached hydrogen (secondary N) is 1. The summed E-state index contributed by atoms with van der Waals surface area (Å²) in [5, 5.41) is 3.82. The number of fused-ring (bicyclic) bond motifs is 3. The van der Waals surface area contributed by atoms with E-state index in [1.165, 1.54) is 23.5 Å². The molecule has 0 fully saturated rings. The zero-order valence-electron chi connectivity index (χ0n) is 12.5. The molecule has 0 spiro atoms. The van der Waals surface area contributed by atoms with Crippen molar-refractivity contribution in [3.63, 3.8) is 0 Å². The number of hydrogen-bond donors (Lipinski definition) is 1. The molecule has 0 saturated carbocycles. The number of ether oxygens (including phenoxy) is 1. The molecule has 0 aliphatic carbocycles. The van der Waals surface area contributed by atoms with E-state index in [0.717, 1.165) is 21.3 Å². The van der Waals surface area contributed by atoms with Crippen LogP contribution in [0.15, 0.2) is 36.7 Å². The van der Waals surface area contributed by atoms with Gasteiger partial charge in [-0.25, -0.2) is 14.4 Å². The highest BCUT2D eigenvalue weighted by Crippen LogP contribution is 2.35. The molecule has 4 aromatic rings. The van der Waals surface area contributed by atoms with Crippen LogP contribution in [0.3, 0.4) is 0 Å². The van der Waals surface area contributed by atoms with Gasteiger partial charge in [0.25, 0.3) is 0 Å². The minimum absolute atomic E-state index is 0.330. The van der Waals surface area contributed by atoms with Crippen LogP contribution in [0.5, 0.6) is 5.75 Å². The smallest absolute Gasteiger partial charge is 0.188 e. The largest absolute Gasteiger partial charge is 0.495 e. The van der Waals surface area contributed by atoms with E-state index in [9.17, 15) is 4.39 Å². The number of thiazole rings is 1. The number of methoxy groups -OCH3 is 1. The predicted octanol–water partition coefficient (Wildman–Crippen LogP) is 4.07. The van der Waals surface area contributed by atoms with Gasteiger partial charge in [0.1, 0.15) is 17.1 Å². The fourth-order valence-electron chi connectivity index (χ4n) is 2.57. The van der Waals surface area contributed by atoms with Gasteiger partial charge in [0.2, 0.25) is 0 Å². The molecule has 0 saturated heterocycles. The number of nitrogens with zero attached hydrogens (tertiary/aromatic N) is 3. The van der Waals surface area contributed by atoms with Gasteiger partial charge in [-0.15, -0.1) is 0 Å². The Morgan fingerprint density at radius 2 is 2.13 bits per heavy atom. The van der Waals surface area contributed by atoms with Gasteiger partial charge in [0.15, 0.2) is 5.13 Å². The molecule has 116 valence electrons. The zero-order valence-corrected chi connectivity index (χ0v) is 13.3. The normalized spacial score (nSPS) is 11.3. The van der Waals surface area contributed by atoms with E-state index in [-0.39, 0.29) is 5.82 Å². The summed E-state index contributed by atoms with van der Waals surface area (Å²) in [7, 11) is 3.49. The van der Waals surface area contributed by atoms with E-state index in [1.54, 1.807) is 19.5 Å². The van der Waals surface area contributed by atoms with Gasteiger partial charge in [-0.2, -0.15) is 0 Å². The number of halogens is 1. The Balaban J connectivity index is 1.82. The lowest BCUT2D eigenvalue weighted by Crippen LogP contribution is -1.95. The molecule has 2 heterocycles. The summed E-state index contributed by atoms with van der Waals surface area (Å²) in [4.78, 5) is 8.98. The van der Waals surface area contributed by atoms with E-state index < -0.39 is 0 Å². The topological polar surface area (TPSA) is 52.0 Å². The highest BCUT2D eigenvalue weighted by Gasteiger charge is 2.12. The second-order valence-corrected chi connectivity index (χ2v) is 6.15. The van der Waals surface area contributed by atoms with Gasteiger partial charge < -0.3 is 14.6 Å². The first-order chi connectivity index (χ1) is 11.2. The van der Waals surface area contributed by atoms with Crippen molar-refractivity contribution < 1.29 is 9.13 Å². The van der Waals surface area contributed by atoms with Crippen LogP contribution in [0, 0.1) is 5.82 Å². The van der Waals surface area contributed by atoms with E-state index in [2.05, 4.69) is 15.3 Å². The second-order valence-electron chi connectivity index (χ2n) is 5.12. The number of aryl methyl sites for hydroxylation is 1. The fraction of sp³-hybridized carbons (Fsp3) is 0.125. The summed E-state index contributed by atoms with van der Waals surface area (Å²) in [6.45, 7) is 0. The van der Waals surface area contributed by atoms with Gasteiger partial charge in [0.05, 0.1) is 34.9 Å². The number of benzene rings is 2. The molecular weight excluding hydrogens is 315 g/mol. The first-order valence-corrected chi connectivity index (χ1v) is 7.78. The Hall–Kier alpha value is -2.67. The lowest BCUT2D eigenvalue weighted by Gasteiger charge is -2.08. The van der Waals surface area contributed by atoms with Gasteiger partial charge in [-0.3, -0.25) is 0 Å². The Morgan fingerprint density at radius 3 is 2.96 bits per heavy atom. The summed E-state index contributed by atoms with van der Waals surface area (Å²) < 4.78 is 21.7. The number of rotatable bonds is 3. The first kappa shape index (κ1) is 14.0. The molecule has 0 atom stereocenters. The lowest BCUT2D eigenvalue weighted by molar-refractivity contribution is 0.416. The van der Waals surface area contributed by atoms with Crippen molar-refractivity contribution in [3.05, 3.63) is 42.5 Å². The highest BCUT2D eigenvalue weighted by atomic mass is 32.1. The van der Waals surface area contributed by atoms with Gasteiger partial charge in [0, 0.05) is 13.1 Å². The summed E-state index contributed by atoms with van der Waals surface area (Å²) in [6.07, 6.45) is 1.77. The molecule has 0 radical (unpaired) electrons. The molecule has 0 aliphatic heterocycles. The minimum atomic E-state index is -0.330. The molecule has 2 aromatic heterocycles. The molecule has 23 heavy (non-hydrogen) atoms. The van der Waals surface area contributed by atoms with Crippen LogP contribution in [0.2, 0.25) is 0 Å². The fourth-order valence-corrected chi connectivity index (χ4v) is 3.46. The maximum atomic E-state index is 13.5. The molecule has 4 rings (SSSR count). The van der Waals surface area contributed by atoms with Crippen LogP contribution in [-0.2, 0) is 7.05 Å². The summed E-state index contributed by atoms with van der Waals surface area (Å²) >= 11 is 1.50. The summed E-state index contributed by atoms with van der Waals surface area (Å²) in [5.74, 6) is 0.236. The third kappa shape index (κ3) is 2.29. The maximum Gasteiger partial charge on any atom is 0.188 e. The van der Waals surface area contributed by atoms with Crippen molar-refractivity contribution in [1.82, 2.24) is 14.5 Å². The number of anilines is 2. The standard InChI is InChI=1S/C16H13FN4OS/c1-21-8-18-10-4-6-13-14(15(10)21)20-16(23-13)19-11-7-9(17)3-5-12(11)22-2/h3-8H,1-2H3,(H,19,20). The predicted molar refractivity (Wildman–Crippen MR) is 90.1 cm³/mol. The molecule has 0 aliphatic rings. The van der Waals surface area contributed by atoms with Crippen molar-refractivity contribution in [3.8, 4) is 5.75 Å². The molecule has 5 nitrogen and oxygen atoms in total. The average Bonchev–Trinajstić information content (AvgIpc) is 3.10. The molecule has 1 N–H and O–H groups in total. The number of hydrogen-bond acceptors (Lipinski definition) is 5. The van der Waals surface area contributed by atoms with Crippen molar-refractivity contribution >= 4 is 43.4 Å². The Bertz CT molecular complexity index is 1020. The third-order valence-electron chi connectivity index (χ3n) is 3.64. The van der Waals surface area contributed by atoms with Crippen LogP contribution in [0.4, 0.5) is 15.2 Å². The monoisotopic (exact) mass is 328 g/mol. The summed E-state index contributed by atoms with van der Waals surface area (Å²) in [5.41, 5.74) is 3.32. The quantitative estimate of drug-likeness (QED) is 0.616. The van der Waals surface area contributed by atoms with Crippen LogP contribution >= 0.6 is 11.3 Å². The van der Waals surface area contributed by atoms with Crippen LogP contribution < -0.4 is 10.1 Å². The zero-order chi connectivity index (χ0) is 16.0. The molecule has 2 aromatic carbocycles. The molecular formula is C16H13FN4OS. The van der Waals surface area contributed by atoms with E-state index in [4.69, 9.17) is 4.74 Å². The maximum absolute atomic E-state index is 13.5. The Morgan fingerprint density at radius 1 is 1.26 bits per heavy atom. The highest BCUT2D eigenvalue weighted by molar-refractivity contribution is 7.22. The minimum Gasteiger partial charge on any atom is -0.495 e. The van der Waals surface area contributed by atoms with Crippen LogP contribution in [0.25, 0.3) is 21.3 Å². The SMILES string of the molecule is COc1ccc(F)cc1Nc1nc2c(ccc3ncn(C)c32)s1. The Labute approximate surface area is 135 Å². The van der Waals surface area contributed by atoms with Crippen molar-refractivity contribution in [2.75, 3.05) is 12.4 Å². The van der Waals surface area contributed by atoms with Gasteiger partial charge >= 0.3 is 0 Å². The third-order valence-corrected chi connectivity index (χ3v) is 4.57. The number of aromatic nitrogens is 3. The van der Waals surface area contributed by atoms with Crippen LogP contribution in [-0.4, -0.2) is 21.6 Å². The van der Waals surface area contributed by atoms with E-state index in [0.29, 0.717) is 16.6 Å². The van der Waals surface area contributed by atoms with Crippen molar-refractivity contribution in [1.29, 1.82) is 0 Å². The molecule has 7 heteroatoms. The lowest BCUT2D eigenvalue weighted by atomic mass is 10.3. The van der Waals surface area contributed by atoms with E-state index >= 15 is 0 Å². The second kappa shape index (κ2) is 5.20. The first-order valence-electron chi connectivity index (χ1n) is 6.97. The van der Waals surface area contributed by atoms with Crippen molar-refractivity contribution in [2.45, 2.75) is 0 Å². The molecule has 0 bridgehead atoms. The van der Waals surface area contributed by atoms with Gasteiger partial charge in [-0.1, -0.05) is 11.3 Å². The Kier molecular flexibility index (Phi) is 3.16. The molecule has 0 amide bonds. The molecule has 0 unspecified atom stereocenters. The van der Waals surface area contributed by atoms with Crippen LogP contribution in [0.1, 0.15) is 0 Å². The summed E-state index contributed by atoms with van der Waals surface area (Å²) in [6, 6.07) is 8.31. The van der Waals surface area contributed by atoms with E-state index in [1.807, 2.05) is 23.7 Å². The van der Waals surface area contributed by atoms with Crippen molar-refractivity contribution in [2.24, 2.45) is 7.05 Å².